The third-order valence-electron chi connectivity index (χ3n) is 7.58. The van der Waals surface area contributed by atoms with Crippen molar-refractivity contribution in [2.45, 2.75) is 57.8 Å². The second-order valence-corrected chi connectivity index (χ2v) is 9.51. The number of allylic oxidation sites excluding steroid dienone is 2. The minimum Gasteiger partial charge on any atom is -0.493 e. The fourth-order valence-corrected chi connectivity index (χ4v) is 5.79. The molecule has 3 aliphatic carbocycles. The van der Waals surface area contributed by atoms with E-state index in [-0.39, 0.29) is 0 Å². The first-order valence-electron chi connectivity index (χ1n) is 11.8. The molecular weight excluding hydrogens is 374 g/mol. The molecule has 4 rings (SSSR count). The predicted molar refractivity (Wildman–Crippen MR) is 120 cm³/mol. The molecule has 0 N–H and O–H groups in total. The molecule has 2 fully saturated rings. The van der Waals surface area contributed by atoms with Crippen molar-refractivity contribution in [3.63, 3.8) is 0 Å². The summed E-state index contributed by atoms with van der Waals surface area (Å²) in [6, 6.07) is 6.09. The highest BCUT2D eigenvalue weighted by Crippen LogP contribution is 2.43. The molecule has 0 aliphatic heterocycles. The Balaban J connectivity index is 1.38. The van der Waals surface area contributed by atoms with Gasteiger partial charge in [-0.25, -0.2) is 0 Å². The Labute approximate surface area is 181 Å². The number of nitrogens with zero attached hydrogens (tertiary/aromatic N) is 1. The van der Waals surface area contributed by atoms with E-state index in [4.69, 9.17) is 9.47 Å². The van der Waals surface area contributed by atoms with E-state index in [9.17, 15) is 4.79 Å². The van der Waals surface area contributed by atoms with Crippen LogP contribution in [0.2, 0.25) is 0 Å². The number of benzene rings is 1. The van der Waals surface area contributed by atoms with E-state index in [2.05, 4.69) is 23.1 Å². The molecule has 0 heterocycles. The van der Waals surface area contributed by atoms with Gasteiger partial charge in [0.15, 0.2) is 11.5 Å². The maximum Gasteiger partial charge on any atom is 0.222 e. The van der Waals surface area contributed by atoms with Crippen LogP contribution in [0.3, 0.4) is 0 Å². The molecule has 0 spiro atoms. The van der Waals surface area contributed by atoms with Gasteiger partial charge in [0.25, 0.3) is 0 Å². The van der Waals surface area contributed by atoms with Crippen molar-refractivity contribution in [3.05, 3.63) is 35.9 Å². The molecule has 0 radical (unpaired) electrons. The second-order valence-electron chi connectivity index (χ2n) is 9.51. The lowest BCUT2D eigenvalue weighted by atomic mass is 9.92. The molecule has 3 aliphatic rings. The number of rotatable bonds is 10. The number of fused-ring (bicyclic) bond motifs is 2. The van der Waals surface area contributed by atoms with Crippen LogP contribution in [0.25, 0.3) is 0 Å². The first-order valence-corrected chi connectivity index (χ1v) is 11.8. The lowest BCUT2D eigenvalue weighted by Gasteiger charge is -2.29. The van der Waals surface area contributed by atoms with Crippen molar-refractivity contribution in [2.24, 2.45) is 23.7 Å². The van der Waals surface area contributed by atoms with Gasteiger partial charge in [0.1, 0.15) is 0 Å². The topological polar surface area (TPSA) is 38.8 Å². The average Bonchev–Trinajstić information content (AvgIpc) is 3.53. The maximum atomic E-state index is 13.2. The summed E-state index contributed by atoms with van der Waals surface area (Å²) < 4.78 is 10.8. The van der Waals surface area contributed by atoms with Crippen molar-refractivity contribution in [2.75, 3.05) is 27.3 Å². The molecule has 4 heteroatoms. The zero-order valence-electron chi connectivity index (χ0n) is 18.6. The molecule has 2 saturated carbocycles. The molecular formula is C26H37NO3. The van der Waals surface area contributed by atoms with Gasteiger partial charge in [-0.3, -0.25) is 4.79 Å². The quantitative estimate of drug-likeness (QED) is 0.493. The Morgan fingerprint density at radius 2 is 1.87 bits per heavy atom. The fourth-order valence-electron chi connectivity index (χ4n) is 5.79. The Morgan fingerprint density at radius 3 is 2.53 bits per heavy atom. The monoisotopic (exact) mass is 411 g/mol. The molecule has 3 atom stereocenters. The van der Waals surface area contributed by atoms with Crippen LogP contribution in [-0.4, -0.2) is 38.1 Å². The van der Waals surface area contributed by atoms with Crippen LogP contribution in [0.15, 0.2) is 30.4 Å². The summed E-state index contributed by atoms with van der Waals surface area (Å²) in [4.78, 5) is 15.4. The van der Waals surface area contributed by atoms with Gasteiger partial charge in [0.2, 0.25) is 5.91 Å². The zero-order valence-corrected chi connectivity index (χ0v) is 18.6. The lowest BCUT2D eigenvalue weighted by molar-refractivity contribution is -0.132. The van der Waals surface area contributed by atoms with E-state index in [0.29, 0.717) is 24.2 Å². The van der Waals surface area contributed by atoms with Crippen molar-refractivity contribution in [1.82, 2.24) is 4.90 Å². The largest absolute Gasteiger partial charge is 0.493 e. The molecule has 164 valence electrons. The van der Waals surface area contributed by atoms with Crippen LogP contribution in [0.4, 0.5) is 0 Å². The van der Waals surface area contributed by atoms with E-state index in [0.717, 1.165) is 49.3 Å². The minimum atomic E-state index is 0.356. The summed E-state index contributed by atoms with van der Waals surface area (Å²) in [5, 5.41) is 0. The number of hydrogen-bond donors (Lipinski definition) is 0. The number of ether oxygens (including phenoxy) is 2. The molecule has 1 aromatic rings. The molecule has 0 unspecified atom stereocenters. The molecule has 0 saturated heterocycles. The van der Waals surface area contributed by atoms with Gasteiger partial charge in [-0.05, 0) is 67.1 Å². The summed E-state index contributed by atoms with van der Waals surface area (Å²) in [7, 11) is 3.33. The number of carbonyl (C=O) groups excluding carboxylic acids is 1. The highest BCUT2D eigenvalue weighted by atomic mass is 16.5. The summed E-state index contributed by atoms with van der Waals surface area (Å²) in [5.74, 6) is 4.71. The van der Waals surface area contributed by atoms with Crippen LogP contribution < -0.4 is 9.47 Å². The lowest BCUT2D eigenvalue weighted by Crippen LogP contribution is -2.38. The summed E-state index contributed by atoms with van der Waals surface area (Å²) in [5.41, 5.74) is 1.19. The van der Waals surface area contributed by atoms with E-state index < -0.39 is 0 Å². The fraction of sp³-hybridized carbons (Fsp3) is 0.654. The third kappa shape index (κ3) is 5.01. The van der Waals surface area contributed by atoms with E-state index in [1.807, 2.05) is 12.1 Å². The standard InChI is InChI=1S/C26H37NO3/c1-29-24-11-8-20(17-25(24)30-2)13-14-27(18-23-16-21-7-10-22(23)15-21)26(28)12-9-19-5-3-4-6-19/h7-8,10-11,17,19,21-23H,3-6,9,12-16,18H2,1-2H3/t21-,22+,23+/m1/s1. The van der Waals surface area contributed by atoms with E-state index in [1.54, 1.807) is 14.2 Å². The first-order chi connectivity index (χ1) is 14.7. The van der Waals surface area contributed by atoms with Crippen molar-refractivity contribution < 1.29 is 14.3 Å². The molecule has 2 bridgehead atoms. The predicted octanol–water partition coefficient (Wildman–Crippen LogP) is 5.26. The first kappa shape index (κ1) is 21.3. The van der Waals surface area contributed by atoms with Crippen molar-refractivity contribution in [3.8, 4) is 11.5 Å². The highest BCUT2D eigenvalue weighted by molar-refractivity contribution is 5.76. The second kappa shape index (κ2) is 9.89. The Bertz CT molecular complexity index is 753. The van der Waals surface area contributed by atoms with Gasteiger partial charge >= 0.3 is 0 Å². The van der Waals surface area contributed by atoms with Gasteiger partial charge in [-0.1, -0.05) is 43.9 Å². The summed E-state index contributed by atoms with van der Waals surface area (Å²) in [6.45, 7) is 1.71. The molecule has 0 aromatic heterocycles. The van der Waals surface area contributed by atoms with Gasteiger partial charge in [0.05, 0.1) is 14.2 Å². The van der Waals surface area contributed by atoms with E-state index >= 15 is 0 Å². The average molecular weight is 412 g/mol. The van der Waals surface area contributed by atoms with Crippen LogP contribution >= 0.6 is 0 Å². The van der Waals surface area contributed by atoms with Crippen molar-refractivity contribution >= 4 is 5.91 Å². The smallest absolute Gasteiger partial charge is 0.222 e. The maximum absolute atomic E-state index is 13.2. The normalized spacial score (nSPS) is 25.1. The minimum absolute atomic E-state index is 0.356. The van der Waals surface area contributed by atoms with Crippen LogP contribution in [-0.2, 0) is 11.2 Å². The van der Waals surface area contributed by atoms with Crippen LogP contribution in [0, 0.1) is 23.7 Å². The van der Waals surface area contributed by atoms with Gasteiger partial charge in [0, 0.05) is 19.5 Å². The summed E-state index contributed by atoms with van der Waals surface area (Å²) in [6.07, 6.45) is 15.3. The molecule has 1 aromatic carbocycles. The number of carbonyl (C=O) groups is 1. The molecule has 30 heavy (non-hydrogen) atoms. The van der Waals surface area contributed by atoms with Crippen LogP contribution in [0.1, 0.15) is 56.9 Å². The third-order valence-corrected chi connectivity index (χ3v) is 7.58. The number of methoxy groups -OCH3 is 2. The van der Waals surface area contributed by atoms with Crippen LogP contribution in [0.5, 0.6) is 11.5 Å². The number of hydrogen-bond acceptors (Lipinski definition) is 3. The molecule has 1 amide bonds. The summed E-state index contributed by atoms with van der Waals surface area (Å²) >= 11 is 0. The SMILES string of the molecule is COc1ccc(CCN(C[C@@H]2C[C@@H]3C=C[C@H]2C3)C(=O)CCC2CCCC2)cc1OC. The van der Waals surface area contributed by atoms with Crippen molar-refractivity contribution in [1.29, 1.82) is 0 Å². The zero-order chi connectivity index (χ0) is 20.9. The highest BCUT2D eigenvalue weighted by Gasteiger charge is 2.37. The van der Waals surface area contributed by atoms with Gasteiger partial charge in [-0.15, -0.1) is 0 Å². The van der Waals surface area contributed by atoms with E-state index in [1.165, 1.54) is 44.1 Å². The Kier molecular flexibility index (Phi) is 7.01. The Hall–Kier alpha value is -1.97. The number of amides is 1. The van der Waals surface area contributed by atoms with Gasteiger partial charge < -0.3 is 14.4 Å². The molecule has 4 nitrogen and oxygen atoms in total. The van der Waals surface area contributed by atoms with Gasteiger partial charge in [-0.2, -0.15) is 0 Å². The Morgan fingerprint density at radius 1 is 1.07 bits per heavy atom.